The molecule has 0 heterocycles. The van der Waals surface area contributed by atoms with Crippen molar-refractivity contribution < 1.29 is 14.7 Å². The number of carbonyl (C=O) groups excluding carboxylic acids is 1. The molecule has 2 rings (SSSR count). The largest absolute Gasteiger partial charge is 0.478 e. The van der Waals surface area contributed by atoms with E-state index < -0.39 is 12.0 Å². The maximum absolute atomic E-state index is 12.0. The highest BCUT2D eigenvalue weighted by atomic mass is 35.5. The maximum Gasteiger partial charge on any atom is 0.337 e. The Labute approximate surface area is 126 Å². The zero-order chi connectivity index (χ0) is 15.4. The smallest absolute Gasteiger partial charge is 0.337 e. The minimum atomic E-state index is -1.10. The monoisotopic (exact) mass is 304 g/mol. The van der Waals surface area contributed by atoms with Crippen LogP contribution in [0.3, 0.4) is 0 Å². The van der Waals surface area contributed by atoms with E-state index >= 15 is 0 Å². The van der Waals surface area contributed by atoms with Crippen LogP contribution in [0.1, 0.15) is 15.9 Å². The minimum Gasteiger partial charge on any atom is -0.478 e. The Bertz CT molecular complexity index is 701. The summed E-state index contributed by atoms with van der Waals surface area (Å²) in [5.41, 5.74) is 1.49. The summed E-state index contributed by atoms with van der Waals surface area (Å²) in [6.45, 7) is 1.72. The molecule has 2 amide bonds. The van der Waals surface area contributed by atoms with Gasteiger partial charge < -0.3 is 15.7 Å². The molecule has 2 aromatic rings. The average molecular weight is 305 g/mol. The normalized spacial score (nSPS) is 10.0. The molecule has 0 radical (unpaired) electrons. The first-order chi connectivity index (χ1) is 9.97. The molecule has 21 heavy (non-hydrogen) atoms. The molecule has 0 aromatic heterocycles. The van der Waals surface area contributed by atoms with E-state index in [1.807, 2.05) is 0 Å². The molecule has 0 saturated heterocycles. The lowest BCUT2D eigenvalue weighted by Crippen LogP contribution is -2.21. The topological polar surface area (TPSA) is 78.4 Å². The molecule has 0 aliphatic carbocycles. The first-order valence-electron chi connectivity index (χ1n) is 6.14. The van der Waals surface area contributed by atoms with E-state index in [1.165, 1.54) is 6.07 Å². The Balaban J connectivity index is 2.18. The Morgan fingerprint density at radius 3 is 2.48 bits per heavy atom. The van der Waals surface area contributed by atoms with Crippen LogP contribution in [0.2, 0.25) is 5.02 Å². The Morgan fingerprint density at radius 1 is 1.10 bits per heavy atom. The summed E-state index contributed by atoms with van der Waals surface area (Å²) in [7, 11) is 0. The van der Waals surface area contributed by atoms with Crippen LogP contribution in [-0.4, -0.2) is 17.1 Å². The number of hydrogen-bond acceptors (Lipinski definition) is 2. The van der Waals surface area contributed by atoms with Gasteiger partial charge in [-0.2, -0.15) is 0 Å². The van der Waals surface area contributed by atoms with Gasteiger partial charge in [-0.25, -0.2) is 9.59 Å². The van der Waals surface area contributed by atoms with Gasteiger partial charge in [0.25, 0.3) is 0 Å². The van der Waals surface area contributed by atoms with Crippen molar-refractivity contribution in [1.82, 2.24) is 0 Å². The van der Waals surface area contributed by atoms with Gasteiger partial charge in [-0.15, -0.1) is 0 Å². The standard InChI is InChI=1S/C15H13ClN2O3/c1-9-4-2-7-12(14(19)20)13(9)18-15(21)17-11-6-3-5-10(16)8-11/h2-8H,1H3,(H,19,20)(H2,17,18,21). The summed E-state index contributed by atoms with van der Waals surface area (Å²) < 4.78 is 0. The van der Waals surface area contributed by atoms with Gasteiger partial charge >= 0.3 is 12.0 Å². The van der Waals surface area contributed by atoms with Crippen molar-refractivity contribution in [3.8, 4) is 0 Å². The highest BCUT2D eigenvalue weighted by molar-refractivity contribution is 6.30. The van der Waals surface area contributed by atoms with Crippen LogP contribution >= 0.6 is 11.6 Å². The van der Waals surface area contributed by atoms with Gasteiger partial charge in [0.05, 0.1) is 11.3 Å². The molecule has 2 aromatic carbocycles. The number of halogens is 1. The van der Waals surface area contributed by atoms with E-state index in [2.05, 4.69) is 10.6 Å². The van der Waals surface area contributed by atoms with Gasteiger partial charge in [-0.1, -0.05) is 29.8 Å². The molecular formula is C15H13ClN2O3. The van der Waals surface area contributed by atoms with Gasteiger partial charge in [0, 0.05) is 10.7 Å². The fraction of sp³-hybridized carbons (Fsp3) is 0.0667. The average Bonchev–Trinajstić information content (AvgIpc) is 2.40. The second-order valence-corrected chi connectivity index (χ2v) is 4.83. The third-order valence-electron chi connectivity index (χ3n) is 2.82. The van der Waals surface area contributed by atoms with E-state index in [0.29, 0.717) is 16.3 Å². The number of anilines is 2. The first kappa shape index (κ1) is 14.9. The SMILES string of the molecule is Cc1cccc(C(=O)O)c1NC(=O)Nc1cccc(Cl)c1. The van der Waals surface area contributed by atoms with Crippen LogP contribution < -0.4 is 10.6 Å². The van der Waals surface area contributed by atoms with E-state index in [1.54, 1.807) is 43.3 Å². The van der Waals surface area contributed by atoms with Gasteiger partial charge in [0.2, 0.25) is 0 Å². The Morgan fingerprint density at radius 2 is 1.81 bits per heavy atom. The van der Waals surface area contributed by atoms with Crippen LogP contribution in [0.4, 0.5) is 16.2 Å². The quantitative estimate of drug-likeness (QED) is 0.802. The molecule has 0 unspecified atom stereocenters. The minimum absolute atomic E-state index is 0.0382. The maximum atomic E-state index is 12.0. The summed E-state index contributed by atoms with van der Waals surface area (Å²) >= 11 is 5.83. The molecule has 0 spiro atoms. The predicted molar refractivity (Wildman–Crippen MR) is 82.2 cm³/mol. The molecule has 0 aliphatic heterocycles. The van der Waals surface area contributed by atoms with Crippen molar-refractivity contribution in [1.29, 1.82) is 0 Å². The lowest BCUT2D eigenvalue weighted by Gasteiger charge is -2.12. The molecule has 5 nitrogen and oxygen atoms in total. The van der Waals surface area contributed by atoms with Crippen LogP contribution in [0.25, 0.3) is 0 Å². The highest BCUT2D eigenvalue weighted by Gasteiger charge is 2.14. The van der Waals surface area contributed by atoms with Gasteiger partial charge in [0.15, 0.2) is 0 Å². The highest BCUT2D eigenvalue weighted by Crippen LogP contribution is 2.21. The van der Waals surface area contributed by atoms with Crippen molar-refractivity contribution in [2.24, 2.45) is 0 Å². The lowest BCUT2D eigenvalue weighted by molar-refractivity contribution is 0.0698. The third kappa shape index (κ3) is 3.73. The Hall–Kier alpha value is -2.53. The molecule has 0 fully saturated rings. The van der Waals surface area contributed by atoms with E-state index in [9.17, 15) is 9.59 Å². The number of benzene rings is 2. The predicted octanol–water partition coefficient (Wildman–Crippen LogP) is 3.99. The zero-order valence-corrected chi connectivity index (χ0v) is 11.9. The number of para-hydroxylation sites is 1. The fourth-order valence-electron chi connectivity index (χ4n) is 1.85. The van der Waals surface area contributed by atoms with E-state index in [0.717, 1.165) is 0 Å². The Kier molecular flexibility index (Phi) is 4.45. The zero-order valence-electron chi connectivity index (χ0n) is 11.2. The molecule has 0 atom stereocenters. The summed E-state index contributed by atoms with van der Waals surface area (Å²) in [6.07, 6.45) is 0. The summed E-state index contributed by atoms with van der Waals surface area (Å²) in [5, 5.41) is 14.8. The molecule has 0 saturated carbocycles. The number of rotatable bonds is 3. The first-order valence-corrected chi connectivity index (χ1v) is 6.51. The summed E-state index contributed by atoms with van der Waals surface area (Å²) in [4.78, 5) is 23.1. The van der Waals surface area contributed by atoms with Gasteiger partial charge in [-0.3, -0.25) is 0 Å². The number of nitrogens with one attached hydrogen (secondary N) is 2. The second-order valence-electron chi connectivity index (χ2n) is 4.39. The van der Waals surface area contributed by atoms with Crippen LogP contribution in [0.15, 0.2) is 42.5 Å². The fourth-order valence-corrected chi connectivity index (χ4v) is 2.04. The van der Waals surface area contributed by atoms with Crippen LogP contribution in [-0.2, 0) is 0 Å². The van der Waals surface area contributed by atoms with E-state index in [-0.39, 0.29) is 11.3 Å². The molecule has 108 valence electrons. The molecule has 0 aliphatic rings. The van der Waals surface area contributed by atoms with Crippen molar-refractivity contribution in [3.05, 3.63) is 58.6 Å². The summed E-state index contributed by atoms with van der Waals surface area (Å²) in [5.74, 6) is -1.10. The number of aryl methyl sites for hydroxylation is 1. The third-order valence-corrected chi connectivity index (χ3v) is 3.06. The van der Waals surface area contributed by atoms with Crippen LogP contribution in [0.5, 0.6) is 0 Å². The van der Waals surface area contributed by atoms with Crippen molar-refractivity contribution in [2.75, 3.05) is 10.6 Å². The molecule has 6 heteroatoms. The number of carboxylic acids is 1. The number of aromatic carboxylic acids is 1. The lowest BCUT2D eigenvalue weighted by atomic mass is 10.1. The number of urea groups is 1. The number of carbonyl (C=O) groups is 2. The second kappa shape index (κ2) is 6.28. The van der Waals surface area contributed by atoms with E-state index in [4.69, 9.17) is 16.7 Å². The number of hydrogen-bond donors (Lipinski definition) is 3. The van der Waals surface area contributed by atoms with Crippen LogP contribution in [0, 0.1) is 6.92 Å². The van der Waals surface area contributed by atoms with Gasteiger partial charge in [-0.05, 0) is 36.8 Å². The summed E-state index contributed by atoms with van der Waals surface area (Å²) in [6, 6.07) is 10.9. The van der Waals surface area contributed by atoms with Gasteiger partial charge in [0.1, 0.15) is 0 Å². The molecular weight excluding hydrogens is 292 g/mol. The number of amides is 2. The number of carboxylic acid groups (broad SMARTS) is 1. The van der Waals surface area contributed by atoms with Crippen molar-refractivity contribution >= 4 is 35.0 Å². The van der Waals surface area contributed by atoms with Crippen molar-refractivity contribution in [2.45, 2.75) is 6.92 Å². The molecule has 3 N–H and O–H groups in total. The molecule has 0 bridgehead atoms. The van der Waals surface area contributed by atoms with Crippen molar-refractivity contribution in [3.63, 3.8) is 0 Å².